The molecule has 0 aliphatic heterocycles. The standard InChI is InChI=1S/C12H18N2O2/c13-11-4-2-1-3-10(11)12(15)14-7-9-5-6-16-8-9/h5-6,8,10-11H,1-4,7,13H2,(H,14,15). The second-order valence-corrected chi connectivity index (χ2v) is 4.40. The smallest absolute Gasteiger partial charge is 0.224 e. The van der Waals surface area contributed by atoms with Gasteiger partial charge in [-0.1, -0.05) is 12.8 Å². The van der Waals surface area contributed by atoms with Crippen molar-refractivity contribution in [1.29, 1.82) is 0 Å². The van der Waals surface area contributed by atoms with E-state index in [0.29, 0.717) is 6.54 Å². The summed E-state index contributed by atoms with van der Waals surface area (Å²) < 4.78 is 4.94. The van der Waals surface area contributed by atoms with Crippen LogP contribution in [0.3, 0.4) is 0 Å². The van der Waals surface area contributed by atoms with Crippen molar-refractivity contribution < 1.29 is 9.21 Å². The molecular weight excluding hydrogens is 204 g/mol. The maximum absolute atomic E-state index is 11.9. The lowest BCUT2D eigenvalue weighted by Crippen LogP contribution is -2.43. The number of furan rings is 1. The van der Waals surface area contributed by atoms with Crippen LogP contribution < -0.4 is 11.1 Å². The van der Waals surface area contributed by atoms with Crippen molar-refractivity contribution in [3.8, 4) is 0 Å². The third-order valence-electron chi connectivity index (χ3n) is 3.20. The molecule has 2 unspecified atom stereocenters. The predicted octanol–water partition coefficient (Wildman–Crippen LogP) is 1.41. The van der Waals surface area contributed by atoms with Crippen LogP contribution in [0.15, 0.2) is 23.0 Å². The fourth-order valence-corrected chi connectivity index (χ4v) is 2.20. The molecule has 1 heterocycles. The number of carbonyl (C=O) groups is 1. The van der Waals surface area contributed by atoms with Crippen LogP contribution in [0.25, 0.3) is 0 Å². The molecule has 2 rings (SSSR count). The lowest BCUT2D eigenvalue weighted by atomic mass is 9.84. The van der Waals surface area contributed by atoms with E-state index in [1.54, 1.807) is 12.5 Å². The highest BCUT2D eigenvalue weighted by molar-refractivity contribution is 5.79. The normalized spacial score (nSPS) is 25.3. The van der Waals surface area contributed by atoms with Crippen LogP contribution in [-0.2, 0) is 11.3 Å². The second kappa shape index (κ2) is 5.16. The molecule has 1 aliphatic carbocycles. The van der Waals surface area contributed by atoms with Crippen molar-refractivity contribution in [3.05, 3.63) is 24.2 Å². The number of rotatable bonds is 3. The van der Waals surface area contributed by atoms with Gasteiger partial charge in [-0.3, -0.25) is 4.79 Å². The predicted molar refractivity (Wildman–Crippen MR) is 60.5 cm³/mol. The zero-order valence-electron chi connectivity index (χ0n) is 9.32. The summed E-state index contributed by atoms with van der Waals surface area (Å²) >= 11 is 0. The highest BCUT2D eigenvalue weighted by Crippen LogP contribution is 2.23. The first-order chi connectivity index (χ1) is 7.77. The van der Waals surface area contributed by atoms with Crippen LogP contribution in [0.1, 0.15) is 31.2 Å². The van der Waals surface area contributed by atoms with Gasteiger partial charge in [-0.2, -0.15) is 0 Å². The minimum atomic E-state index is -0.0133. The third kappa shape index (κ3) is 2.64. The van der Waals surface area contributed by atoms with Gasteiger partial charge in [-0.05, 0) is 18.9 Å². The van der Waals surface area contributed by atoms with Gasteiger partial charge in [0.15, 0.2) is 0 Å². The van der Waals surface area contributed by atoms with Gasteiger partial charge < -0.3 is 15.5 Å². The Morgan fingerprint density at radius 3 is 3.00 bits per heavy atom. The summed E-state index contributed by atoms with van der Waals surface area (Å²) in [4.78, 5) is 11.9. The molecule has 4 heteroatoms. The van der Waals surface area contributed by atoms with Crippen LogP contribution in [0.5, 0.6) is 0 Å². The molecule has 0 aromatic carbocycles. The van der Waals surface area contributed by atoms with E-state index in [1.807, 2.05) is 6.07 Å². The van der Waals surface area contributed by atoms with Gasteiger partial charge in [0.05, 0.1) is 18.4 Å². The zero-order chi connectivity index (χ0) is 11.4. The van der Waals surface area contributed by atoms with Crippen LogP contribution >= 0.6 is 0 Å². The summed E-state index contributed by atoms with van der Waals surface area (Å²) in [6, 6.07) is 1.87. The van der Waals surface area contributed by atoms with E-state index in [0.717, 1.165) is 31.2 Å². The Morgan fingerprint density at radius 1 is 1.50 bits per heavy atom. The molecule has 0 spiro atoms. The fraction of sp³-hybridized carbons (Fsp3) is 0.583. The van der Waals surface area contributed by atoms with Crippen LogP contribution in [0.4, 0.5) is 0 Å². The van der Waals surface area contributed by atoms with Gasteiger partial charge in [0.25, 0.3) is 0 Å². The van der Waals surface area contributed by atoms with Crippen molar-refractivity contribution in [2.45, 2.75) is 38.3 Å². The fourth-order valence-electron chi connectivity index (χ4n) is 2.20. The molecule has 16 heavy (non-hydrogen) atoms. The van der Waals surface area contributed by atoms with Gasteiger partial charge in [0, 0.05) is 18.2 Å². The Labute approximate surface area is 95.2 Å². The first-order valence-electron chi connectivity index (χ1n) is 5.82. The molecule has 1 saturated carbocycles. The number of hydrogen-bond acceptors (Lipinski definition) is 3. The Bertz CT molecular complexity index is 335. The van der Waals surface area contributed by atoms with E-state index >= 15 is 0 Å². The number of hydrogen-bond donors (Lipinski definition) is 2. The molecular formula is C12H18N2O2. The third-order valence-corrected chi connectivity index (χ3v) is 3.20. The molecule has 1 aromatic rings. The van der Waals surface area contributed by atoms with E-state index in [-0.39, 0.29) is 17.9 Å². The van der Waals surface area contributed by atoms with E-state index in [2.05, 4.69) is 5.32 Å². The van der Waals surface area contributed by atoms with E-state index in [9.17, 15) is 4.79 Å². The zero-order valence-corrected chi connectivity index (χ0v) is 9.32. The Kier molecular flexibility index (Phi) is 3.62. The van der Waals surface area contributed by atoms with Crippen molar-refractivity contribution in [3.63, 3.8) is 0 Å². The highest BCUT2D eigenvalue weighted by atomic mass is 16.3. The summed E-state index contributed by atoms with van der Waals surface area (Å²) in [5.41, 5.74) is 6.93. The highest BCUT2D eigenvalue weighted by Gasteiger charge is 2.27. The van der Waals surface area contributed by atoms with Gasteiger partial charge in [-0.15, -0.1) is 0 Å². The lowest BCUT2D eigenvalue weighted by molar-refractivity contribution is -0.126. The monoisotopic (exact) mass is 222 g/mol. The average Bonchev–Trinajstić information content (AvgIpc) is 2.79. The summed E-state index contributed by atoms with van der Waals surface area (Å²) in [6.45, 7) is 0.526. The topological polar surface area (TPSA) is 68.3 Å². The van der Waals surface area contributed by atoms with E-state index in [1.165, 1.54) is 0 Å². The molecule has 1 amide bonds. The number of amides is 1. The van der Waals surface area contributed by atoms with Crippen molar-refractivity contribution >= 4 is 5.91 Å². The second-order valence-electron chi connectivity index (χ2n) is 4.40. The van der Waals surface area contributed by atoms with Crippen molar-refractivity contribution in [2.24, 2.45) is 11.7 Å². The minimum Gasteiger partial charge on any atom is -0.472 e. The summed E-state index contributed by atoms with van der Waals surface area (Å²) in [7, 11) is 0. The van der Waals surface area contributed by atoms with Crippen LogP contribution in [0, 0.1) is 5.92 Å². The Balaban J connectivity index is 1.83. The molecule has 88 valence electrons. The van der Waals surface area contributed by atoms with Gasteiger partial charge in [0.1, 0.15) is 0 Å². The van der Waals surface area contributed by atoms with Crippen LogP contribution in [-0.4, -0.2) is 11.9 Å². The molecule has 0 radical (unpaired) electrons. The van der Waals surface area contributed by atoms with Crippen LogP contribution in [0.2, 0.25) is 0 Å². The molecule has 2 atom stereocenters. The molecule has 4 nitrogen and oxygen atoms in total. The maximum atomic E-state index is 11.9. The first kappa shape index (κ1) is 11.2. The summed E-state index contributed by atoms with van der Waals surface area (Å²) in [5, 5.41) is 2.91. The summed E-state index contributed by atoms with van der Waals surface area (Å²) in [5.74, 6) is 0.0639. The molecule has 0 bridgehead atoms. The summed E-state index contributed by atoms with van der Waals surface area (Å²) in [6.07, 6.45) is 7.38. The Morgan fingerprint density at radius 2 is 2.31 bits per heavy atom. The Hall–Kier alpha value is -1.29. The largest absolute Gasteiger partial charge is 0.472 e. The number of carbonyl (C=O) groups excluding carboxylic acids is 1. The van der Waals surface area contributed by atoms with Crippen molar-refractivity contribution in [1.82, 2.24) is 5.32 Å². The number of nitrogens with two attached hydrogens (primary N) is 1. The maximum Gasteiger partial charge on any atom is 0.224 e. The SMILES string of the molecule is NC1CCCCC1C(=O)NCc1ccoc1. The molecule has 3 N–H and O–H groups in total. The van der Waals surface area contributed by atoms with Crippen molar-refractivity contribution in [2.75, 3.05) is 0 Å². The van der Waals surface area contributed by atoms with Gasteiger partial charge >= 0.3 is 0 Å². The minimum absolute atomic E-state index is 0.0133. The first-order valence-corrected chi connectivity index (χ1v) is 5.82. The number of nitrogens with one attached hydrogen (secondary N) is 1. The van der Waals surface area contributed by atoms with E-state index in [4.69, 9.17) is 10.2 Å². The molecule has 1 aromatic heterocycles. The quantitative estimate of drug-likeness (QED) is 0.812. The molecule has 1 aliphatic rings. The molecule has 1 fully saturated rings. The van der Waals surface area contributed by atoms with Gasteiger partial charge in [0.2, 0.25) is 5.91 Å². The van der Waals surface area contributed by atoms with E-state index < -0.39 is 0 Å². The molecule has 0 saturated heterocycles. The average molecular weight is 222 g/mol. The lowest BCUT2D eigenvalue weighted by Gasteiger charge is -2.27. The van der Waals surface area contributed by atoms with Gasteiger partial charge in [-0.25, -0.2) is 0 Å².